The van der Waals surface area contributed by atoms with E-state index in [4.69, 9.17) is 0 Å². The Morgan fingerprint density at radius 1 is 1.60 bits per heavy atom. The van der Waals surface area contributed by atoms with Crippen molar-refractivity contribution in [1.29, 1.82) is 0 Å². The molecule has 0 fully saturated rings. The molecule has 1 aliphatic rings. The van der Waals surface area contributed by atoms with Gasteiger partial charge in [-0.1, -0.05) is 25.5 Å². The molecule has 1 aliphatic carbocycles. The van der Waals surface area contributed by atoms with Gasteiger partial charge in [0.05, 0.1) is 0 Å². The lowest BCUT2D eigenvalue weighted by Gasteiger charge is -2.14. The van der Waals surface area contributed by atoms with Crippen molar-refractivity contribution < 1.29 is 0 Å². The molecule has 0 bridgehead atoms. The summed E-state index contributed by atoms with van der Waals surface area (Å²) in [5.41, 5.74) is 0. The van der Waals surface area contributed by atoms with Gasteiger partial charge in [0.1, 0.15) is 0 Å². The summed E-state index contributed by atoms with van der Waals surface area (Å²) in [7, 11) is 0. The Kier molecular flexibility index (Phi) is 3.56. The number of allylic oxidation sites excluding steroid dienone is 2. The molecule has 0 nitrogen and oxygen atoms in total. The zero-order valence-electron chi connectivity index (χ0n) is 6.84. The fraction of sp³-hybridized carbons (Fsp3) is 0.700. The lowest BCUT2D eigenvalue weighted by Crippen LogP contribution is -2.00. The van der Waals surface area contributed by atoms with Gasteiger partial charge in [-0.05, 0) is 38.0 Å². The van der Waals surface area contributed by atoms with E-state index in [9.17, 15) is 0 Å². The first-order chi connectivity index (χ1) is 4.93. The van der Waals surface area contributed by atoms with Crippen molar-refractivity contribution in [2.75, 3.05) is 0 Å². The highest BCUT2D eigenvalue weighted by Crippen LogP contribution is 2.21. The highest BCUT2D eigenvalue weighted by atomic mass is 14.1. The monoisotopic (exact) mass is 137 g/mol. The first kappa shape index (κ1) is 7.84. The van der Waals surface area contributed by atoms with E-state index in [1.807, 2.05) is 0 Å². The van der Waals surface area contributed by atoms with Crippen molar-refractivity contribution in [3.63, 3.8) is 0 Å². The van der Waals surface area contributed by atoms with Crippen LogP contribution in [0, 0.1) is 12.3 Å². The molecular formula is C10H17. The Morgan fingerprint density at radius 3 is 3.10 bits per heavy atom. The first-order valence-electron chi connectivity index (χ1n) is 4.42. The van der Waals surface area contributed by atoms with Crippen LogP contribution in [0.5, 0.6) is 0 Å². The molecule has 10 heavy (non-hydrogen) atoms. The van der Waals surface area contributed by atoms with Gasteiger partial charge in [0, 0.05) is 0 Å². The van der Waals surface area contributed by atoms with E-state index in [2.05, 4.69) is 25.5 Å². The number of rotatable bonds is 3. The van der Waals surface area contributed by atoms with Gasteiger partial charge in [0.15, 0.2) is 0 Å². The second-order valence-electron chi connectivity index (χ2n) is 3.05. The summed E-state index contributed by atoms with van der Waals surface area (Å²) in [5.74, 6) is 0.869. The molecule has 0 aromatic carbocycles. The minimum atomic E-state index is 0.869. The van der Waals surface area contributed by atoms with Crippen LogP contribution in [0.2, 0.25) is 0 Å². The Labute approximate surface area is 64.3 Å². The van der Waals surface area contributed by atoms with Gasteiger partial charge in [-0.2, -0.15) is 0 Å². The van der Waals surface area contributed by atoms with E-state index in [0.717, 1.165) is 5.92 Å². The van der Waals surface area contributed by atoms with Crippen LogP contribution in [0.4, 0.5) is 0 Å². The van der Waals surface area contributed by atoms with Crippen molar-refractivity contribution in [2.45, 2.75) is 39.0 Å². The summed E-state index contributed by atoms with van der Waals surface area (Å²) >= 11 is 0. The quantitative estimate of drug-likeness (QED) is 0.523. The highest BCUT2D eigenvalue weighted by Gasteiger charge is 2.06. The molecule has 57 valence electrons. The molecule has 0 aromatic rings. The lowest BCUT2D eigenvalue weighted by atomic mass is 9.91. The molecule has 1 unspecified atom stereocenters. The minimum absolute atomic E-state index is 0.869. The van der Waals surface area contributed by atoms with Gasteiger partial charge in [-0.25, -0.2) is 0 Å². The summed E-state index contributed by atoms with van der Waals surface area (Å²) < 4.78 is 0. The first-order valence-corrected chi connectivity index (χ1v) is 4.42. The zero-order valence-corrected chi connectivity index (χ0v) is 6.84. The van der Waals surface area contributed by atoms with Gasteiger partial charge in [-0.15, -0.1) is 0 Å². The summed E-state index contributed by atoms with van der Waals surface area (Å²) in [6.07, 6.45) is 13.7. The third kappa shape index (κ3) is 2.55. The SMILES string of the molecule is CC[CH]CC1C=CCCC1. The van der Waals surface area contributed by atoms with Gasteiger partial charge in [0.25, 0.3) is 0 Å². The summed E-state index contributed by atoms with van der Waals surface area (Å²) in [5, 5.41) is 0. The van der Waals surface area contributed by atoms with E-state index < -0.39 is 0 Å². The molecule has 0 saturated carbocycles. The Morgan fingerprint density at radius 2 is 2.50 bits per heavy atom. The van der Waals surface area contributed by atoms with Crippen LogP contribution < -0.4 is 0 Å². The van der Waals surface area contributed by atoms with E-state index >= 15 is 0 Å². The lowest BCUT2D eigenvalue weighted by molar-refractivity contribution is 0.529. The van der Waals surface area contributed by atoms with Crippen LogP contribution in [0.1, 0.15) is 39.0 Å². The van der Waals surface area contributed by atoms with Crippen molar-refractivity contribution >= 4 is 0 Å². The predicted octanol–water partition coefficient (Wildman–Crippen LogP) is 3.35. The molecule has 1 atom stereocenters. The van der Waals surface area contributed by atoms with Crippen LogP contribution in [-0.2, 0) is 0 Å². The molecule has 0 amide bonds. The van der Waals surface area contributed by atoms with Crippen LogP contribution in [0.25, 0.3) is 0 Å². The van der Waals surface area contributed by atoms with E-state index in [1.165, 1.54) is 32.1 Å². The van der Waals surface area contributed by atoms with Crippen LogP contribution in [0.3, 0.4) is 0 Å². The van der Waals surface area contributed by atoms with Crippen molar-refractivity contribution in [2.24, 2.45) is 5.92 Å². The molecule has 1 radical (unpaired) electrons. The van der Waals surface area contributed by atoms with E-state index in [-0.39, 0.29) is 0 Å². The fourth-order valence-electron chi connectivity index (χ4n) is 1.46. The van der Waals surface area contributed by atoms with Crippen LogP contribution >= 0.6 is 0 Å². The minimum Gasteiger partial charge on any atom is -0.0883 e. The van der Waals surface area contributed by atoms with Crippen molar-refractivity contribution in [1.82, 2.24) is 0 Å². The molecular weight excluding hydrogens is 120 g/mol. The van der Waals surface area contributed by atoms with Crippen LogP contribution in [0.15, 0.2) is 12.2 Å². The number of hydrogen-bond acceptors (Lipinski definition) is 0. The molecule has 0 N–H and O–H groups in total. The number of hydrogen-bond donors (Lipinski definition) is 0. The van der Waals surface area contributed by atoms with Crippen molar-refractivity contribution in [3.05, 3.63) is 18.6 Å². The summed E-state index contributed by atoms with van der Waals surface area (Å²) in [4.78, 5) is 0. The zero-order chi connectivity index (χ0) is 7.23. The Hall–Kier alpha value is -0.260. The van der Waals surface area contributed by atoms with Gasteiger partial charge in [-0.3, -0.25) is 0 Å². The largest absolute Gasteiger partial charge is 0.0883 e. The standard InChI is InChI=1S/C10H17/c1-2-3-7-10-8-5-4-6-9-10/h3,5,8,10H,2,4,6-7,9H2,1H3. The maximum atomic E-state index is 2.39. The predicted molar refractivity (Wildman–Crippen MR) is 45.7 cm³/mol. The smallest absolute Gasteiger partial charge is 0.0231 e. The molecule has 0 saturated heterocycles. The average Bonchev–Trinajstić information content (AvgIpc) is 2.03. The second kappa shape index (κ2) is 4.54. The van der Waals surface area contributed by atoms with Gasteiger partial charge in [0.2, 0.25) is 0 Å². The summed E-state index contributed by atoms with van der Waals surface area (Å²) in [6, 6.07) is 0. The third-order valence-corrected chi connectivity index (χ3v) is 2.11. The van der Waals surface area contributed by atoms with E-state index in [0.29, 0.717) is 0 Å². The number of unbranched alkanes of at least 4 members (excludes halogenated alkanes) is 1. The van der Waals surface area contributed by atoms with E-state index in [1.54, 1.807) is 0 Å². The molecule has 0 aliphatic heterocycles. The molecule has 0 aromatic heterocycles. The van der Waals surface area contributed by atoms with Crippen LogP contribution in [-0.4, -0.2) is 0 Å². The normalized spacial score (nSPS) is 25.1. The third-order valence-electron chi connectivity index (χ3n) is 2.11. The Bertz CT molecular complexity index is 103. The molecule has 0 spiro atoms. The summed E-state index contributed by atoms with van der Waals surface area (Å²) in [6.45, 7) is 2.21. The fourth-order valence-corrected chi connectivity index (χ4v) is 1.46. The Balaban J connectivity index is 2.13. The maximum Gasteiger partial charge on any atom is -0.0231 e. The van der Waals surface area contributed by atoms with Crippen molar-refractivity contribution in [3.8, 4) is 0 Å². The average molecular weight is 137 g/mol. The maximum absolute atomic E-state index is 2.39. The molecule has 0 heteroatoms. The van der Waals surface area contributed by atoms with Gasteiger partial charge >= 0.3 is 0 Å². The molecule has 1 rings (SSSR count). The van der Waals surface area contributed by atoms with Gasteiger partial charge < -0.3 is 0 Å². The second-order valence-corrected chi connectivity index (χ2v) is 3.05. The molecule has 0 heterocycles. The highest BCUT2D eigenvalue weighted by molar-refractivity contribution is 4.94. The topological polar surface area (TPSA) is 0 Å².